The van der Waals surface area contributed by atoms with Crippen LogP contribution in [0.1, 0.15) is 23.6 Å². The number of hydrogen-bond donors (Lipinski definition) is 1. The highest BCUT2D eigenvalue weighted by Gasteiger charge is 2.39. The van der Waals surface area contributed by atoms with Crippen molar-refractivity contribution in [2.24, 2.45) is 0 Å². The predicted octanol–water partition coefficient (Wildman–Crippen LogP) is 3.80. The third-order valence-electron chi connectivity index (χ3n) is 3.75. The average molecular weight is 343 g/mol. The lowest BCUT2D eigenvalue weighted by atomic mass is 9.95. The van der Waals surface area contributed by atoms with Crippen LogP contribution in [0.2, 0.25) is 5.02 Å². The molecule has 124 valence electrons. The second-order valence-electron chi connectivity index (χ2n) is 5.10. The third kappa shape index (κ3) is 3.70. The van der Waals surface area contributed by atoms with Crippen LogP contribution in [0.15, 0.2) is 12.1 Å². The topological polar surface area (TPSA) is 15.3 Å². The lowest BCUT2D eigenvalue weighted by Gasteiger charge is -2.36. The molecule has 2 nitrogen and oxygen atoms in total. The summed E-state index contributed by atoms with van der Waals surface area (Å²) >= 11 is 5.65. The Morgan fingerprint density at radius 3 is 2.41 bits per heavy atom. The number of rotatable bonds is 4. The minimum Gasteiger partial charge on any atom is -0.314 e. The molecule has 0 aromatic heterocycles. The van der Waals surface area contributed by atoms with Crippen molar-refractivity contribution >= 4 is 11.6 Å². The normalized spacial score (nSPS) is 18.5. The van der Waals surface area contributed by atoms with Gasteiger partial charge in [0.05, 0.1) is 17.3 Å². The zero-order chi connectivity index (χ0) is 16.3. The molecule has 0 unspecified atom stereocenters. The van der Waals surface area contributed by atoms with Gasteiger partial charge in [-0.1, -0.05) is 11.6 Å². The fourth-order valence-corrected chi connectivity index (χ4v) is 2.91. The van der Waals surface area contributed by atoms with E-state index in [9.17, 15) is 22.0 Å². The number of benzene rings is 1. The first kappa shape index (κ1) is 17.4. The SMILES string of the molecule is FCC[C@H](c1c(C(F)(F)F)ccc(Cl)c1F)N1CCNCC1. The molecule has 1 saturated heterocycles. The lowest BCUT2D eigenvalue weighted by molar-refractivity contribution is -0.139. The first-order chi connectivity index (χ1) is 10.4. The molecule has 1 fully saturated rings. The highest BCUT2D eigenvalue weighted by Crippen LogP contribution is 2.40. The zero-order valence-corrected chi connectivity index (χ0v) is 12.4. The lowest BCUT2D eigenvalue weighted by Crippen LogP contribution is -2.45. The van der Waals surface area contributed by atoms with Crippen LogP contribution in [0.5, 0.6) is 0 Å². The Morgan fingerprint density at radius 1 is 1.23 bits per heavy atom. The summed E-state index contributed by atoms with van der Waals surface area (Å²) in [6.45, 7) is 1.14. The molecule has 0 radical (unpaired) electrons. The van der Waals surface area contributed by atoms with Crippen LogP contribution in [0, 0.1) is 5.82 Å². The maximum absolute atomic E-state index is 14.3. The molecular weight excluding hydrogens is 327 g/mol. The molecule has 0 saturated carbocycles. The van der Waals surface area contributed by atoms with Gasteiger partial charge in [-0.25, -0.2) is 4.39 Å². The van der Waals surface area contributed by atoms with Gasteiger partial charge in [0.2, 0.25) is 0 Å². The highest BCUT2D eigenvalue weighted by atomic mass is 35.5. The Hall–Kier alpha value is -0.920. The van der Waals surface area contributed by atoms with E-state index >= 15 is 0 Å². The van der Waals surface area contributed by atoms with Crippen molar-refractivity contribution in [2.75, 3.05) is 32.9 Å². The number of hydrogen-bond acceptors (Lipinski definition) is 2. The fourth-order valence-electron chi connectivity index (χ4n) is 2.75. The molecule has 0 bridgehead atoms. The fraction of sp³-hybridized carbons (Fsp3) is 0.571. The van der Waals surface area contributed by atoms with Crippen molar-refractivity contribution in [1.82, 2.24) is 10.2 Å². The van der Waals surface area contributed by atoms with E-state index in [1.807, 2.05) is 0 Å². The highest BCUT2D eigenvalue weighted by molar-refractivity contribution is 6.30. The van der Waals surface area contributed by atoms with Gasteiger partial charge in [0.25, 0.3) is 0 Å². The third-order valence-corrected chi connectivity index (χ3v) is 4.04. The van der Waals surface area contributed by atoms with Crippen molar-refractivity contribution < 1.29 is 22.0 Å². The predicted molar refractivity (Wildman–Crippen MR) is 74.2 cm³/mol. The summed E-state index contributed by atoms with van der Waals surface area (Å²) in [5, 5.41) is 2.67. The van der Waals surface area contributed by atoms with Gasteiger partial charge in [0.1, 0.15) is 5.82 Å². The Bertz CT molecular complexity index is 515. The van der Waals surface area contributed by atoms with E-state index in [1.54, 1.807) is 4.90 Å². The summed E-state index contributed by atoms with van der Waals surface area (Å²) in [6.07, 6.45) is -4.93. The van der Waals surface area contributed by atoms with Crippen LogP contribution in [0.4, 0.5) is 22.0 Å². The molecule has 8 heteroatoms. The summed E-state index contributed by atoms with van der Waals surface area (Å²) in [5.74, 6) is -1.12. The van der Waals surface area contributed by atoms with E-state index in [4.69, 9.17) is 11.6 Å². The maximum Gasteiger partial charge on any atom is 0.416 e. The second-order valence-corrected chi connectivity index (χ2v) is 5.51. The standard InChI is InChI=1S/C14H16ClF5N2/c15-10-2-1-9(14(18,19)20)12(13(10)17)11(3-4-16)22-7-5-21-6-8-22/h1-2,11,21H,3-8H2/t11-/m1/s1. The quantitative estimate of drug-likeness (QED) is 0.837. The Kier molecular flexibility index (Phi) is 5.63. The summed E-state index contributed by atoms with van der Waals surface area (Å²) in [5.41, 5.74) is -1.65. The van der Waals surface area contributed by atoms with Gasteiger partial charge in [0.15, 0.2) is 0 Å². The minimum atomic E-state index is -4.72. The van der Waals surface area contributed by atoms with Crippen molar-refractivity contribution in [3.8, 4) is 0 Å². The van der Waals surface area contributed by atoms with Crippen LogP contribution in [0.25, 0.3) is 0 Å². The zero-order valence-electron chi connectivity index (χ0n) is 11.7. The first-order valence-electron chi connectivity index (χ1n) is 6.92. The number of nitrogens with one attached hydrogen (secondary N) is 1. The van der Waals surface area contributed by atoms with Crippen LogP contribution < -0.4 is 5.32 Å². The minimum absolute atomic E-state index is 0.208. The molecular formula is C14H16ClF5N2. The second kappa shape index (κ2) is 7.10. The molecule has 1 aromatic carbocycles. The average Bonchev–Trinajstić information content (AvgIpc) is 2.47. The van der Waals surface area contributed by atoms with Crippen molar-refractivity contribution in [3.63, 3.8) is 0 Å². The van der Waals surface area contributed by atoms with E-state index in [0.29, 0.717) is 26.2 Å². The van der Waals surface area contributed by atoms with Gasteiger partial charge in [-0.05, 0) is 18.6 Å². The van der Waals surface area contributed by atoms with Gasteiger partial charge < -0.3 is 5.32 Å². The summed E-state index contributed by atoms with van der Waals surface area (Å²) < 4.78 is 66.8. The van der Waals surface area contributed by atoms with E-state index in [-0.39, 0.29) is 11.4 Å². The number of halogens is 6. The van der Waals surface area contributed by atoms with Gasteiger partial charge in [0, 0.05) is 37.8 Å². The largest absolute Gasteiger partial charge is 0.416 e. The van der Waals surface area contributed by atoms with Crippen LogP contribution >= 0.6 is 11.6 Å². The molecule has 1 heterocycles. The number of piperazine rings is 1. The van der Waals surface area contributed by atoms with Crippen molar-refractivity contribution in [1.29, 1.82) is 0 Å². The summed E-state index contributed by atoms with van der Waals surface area (Å²) in [7, 11) is 0. The van der Waals surface area contributed by atoms with Gasteiger partial charge in [-0.15, -0.1) is 0 Å². The van der Waals surface area contributed by atoms with Crippen LogP contribution in [-0.4, -0.2) is 37.8 Å². The molecule has 2 rings (SSSR count). The van der Waals surface area contributed by atoms with Crippen molar-refractivity contribution in [2.45, 2.75) is 18.6 Å². The van der Waals surface area contributed by atoms with E-state index in [2.05, 4.69) is 5.32 Å². The molecule has 0 aliphatic carbocycles. The van der Waals surface area contributed by atoms with E-state index in [1.165, 1.54) is 0 Å². The maximum atomic E-state index is 14.3. The summed E-state index contributed by atoms with van der Waals surface area (Å²) in [6, 6.07) is 0.657. The number of alkyl halides is 4. The molecule has 1 aromatic rings. The van der Waals surface area contributed by atoms with Crippen LogP contribution in [0.3, 0.4) is 0 Å². The molecule has 1 aliphatic rings. The Morgan fingerprint density at radius 2 is 1.86 bits per heavy atom. The van der Waals surface area contributed by atoms with Crippen LogP contribution in [-0.2, 0) is 6.18 Å². The van der Waals surface area contributed by atoms with Gasteiger partial charge in [-0.3, -0.25) is 9.29 Å². The molecule has 22 heavy (non-hydrogen) atoms. The molecule has 1 aliphatic heterocycles. The van der Waals surface area contributed by atoms with Gasteiger partial charge >= 0.3 is 6.18 Å². The molecule has 0 spiro atoms. The first-order valence-corrected chi connectivity index (χ1v) is 7.30. The number of nitrogens with zero attached hydrogens (tertiary/aromatic N) is 1. The monoisotopic (exact) mass is 342 g/mol. The Labute approximate surface area is 130 Å². The Balaban J connectivity index is 2.51. The van der Waals surface area contributed by atoms with Gasteiger partial charge in [-0.2, -0.15) is 13.2 Å². The van der Waals surface area contributed by atoms with E-state index < -0.39 is 35.8 Å². The molecule has 1 atom stereocenters. The summed E-state index contributed by atoms with van der Waals surface area (Å²) in [4.78, 5) is 1.67. The smallest absolute Gasteiger partial charge is 0.314 e. The van der Waals surface area contributed by atoms with Crippen molar-refractivity contribution in [3.05, 3.63) is 34.1 Å². The molecule has 1 N–H and O–H groups in total. The van der Waals surface area contributed by atoms with E-state index in [0.717, 1.165) is 12.1 Å². The molecule has 0 amide bonds.